The average molecular weight is 337 g/mol. The molecule has 1 atom stereocenters. The molecule has 0 aliphatic rings. The largest absolute Gasteiger partial charge is 0.466 e. The van der Waals surface area contributed by atoms with E-state index in [2.05, 4.69) is 10.3 Å². The van der Waals surface area contributed by atoms with E-state index in [1.165, 1.54) is 6.26 Å². The van der Waals surface area contributed by atoms with Gasteiger partial charge in [0.05, 0.1) is 29.3 Å². The molecule has 0 bridgehead atoms. The number of hydrogen-bond donors (Lipinski definition) is 1. The predicted molar refractivity (Wildman–Crippen MR) is 91.8 cm³/mol. The molecule has 3 heterocycles. The fourth-order valence-corrected chi connectivity index (χ4v) is 2.73. The van der Waals surface area contributed by atoms with Gasteiger partial charge in [-0.3, -0.25) is 4.79 Å². The van der Waals surface area contributed by atoms with Crippen LogP contribution in [0.15, 0.2) is 41.1 Å². The van der Waals surface area contributed by atoms with Crippen LogP contribution in [0, 0.1) is 18.3 Å². The number of amides is 1. The van der Waals surface area contributed by atoms with E-state index < -0.39 is 6.04 Å². The van der Waals surface area contributed by atoms with E-state index in [4.69, 9.17) is 4.42 Å². The van der Waals surface area contributed by atoms with Gasteiger partial charge in [-0.15, -0.1) is 0 Å². The van der Waals surface area contributed by atoms with Crippen LogP contribution in [-0.2, 0) is 6.54 Å². The van der Waals surface area contributed by atoms with E-state index in [1.54, 1.807) is 24.3 Å². The molecular formula is C18H19N5O2. The first-order valence-electron chi connectivity index (χ1n) is 7.86. The number of nitrogens with zero attached hydrogens (tertiary/aromatic N) is 4. The lowest BCUT2D eigenvalue weighted by Crippen LogP contribution is -2.27. The molecule has 0 aliphatic heterocycles. The van der Waals surface area contributed by atoms with Gasteiger partial charge in [0, 0.05) is 12.7 Å². The van der Waals surface area contributed by atoms with Crippen molar-refractivity contribution in [2.75, 3.05) is 14.1 Å². The number of imidazole rings is 1. The molecule has 1 amide bonds. The highest BCUT2D eigenvalue weighted by atomic mass is 16.3. The van der Waals surface area contributed by atoms with E-state index in [9.17, 15) is 10.1 Å². The third kappa shape index (κ3) is 3.25. The van der Waals surface area contributed by atoms with Crippen LogP contribution in [0.25, 0.3) is 5.65 Å². The van der Waals surface area contributed by atoms with Gasteiger partial charge >= 0.3 is 0 Å². The first-order chi connectivity index (χ1) is 12.0. The zero-order valence-corrected chi connectivity index (χ0v) is 14.4. The highest BCUT2D eigenvalue weighted by molar-refractivity contribution is 6.00. The Morgan fingerprint density at radius 1 is 1.44 bits per heavy atom. The van der Waals surface area contributed by atoms with Crippen molar-refractivity contribution < 1.29 is 9.21 Å². The molecule has 0 aliphatic carbocycles. The number of aryl methyl sites for hydroxylation is 1. The molecule has 1 unspecified atom stereocenters. The molecule has 0 saturated carbocycles. The van der Waals surface area contributed by atoms with E-state index in [0.29, 0.717) is 23.5 Å². The van der Waals surface area contributed by atoms with Gasteiger partial charge < -0.3 is 19.0 Å². The van der Waals surface area contributed by atoms with Crippen molar-refractivity contribution >= 4 is 11.6 Å². The van der Waals surface area contributed by atoms with Crippen molar-refractivity contribution in [1.82, 2.24) is 19.6 Å². The number of carbonyl (C=O) groups excluding carboxylic acids is 1. The molecular weight excluding hydrogens is 318 g/mol. The minimum Gasteiger partial charge on any atom is -0.466 e. The van der Waals surface area contributed by atoms with Crippen LogP contribution in [0.1, 0.15) is 33.5 Å². The Morgan fingerprint density at radius 3 is 2.88 bits per heavy atom. The van der Waals surface area contributed by atoms with Gasteiger partial charge in [0.25, 0.3) is 5.91 Å². The summed E-state index contributed by atoms with van der Waals surface area (Å²) in [4.78, 5) is 19.3. The fourth-order valence-electron chi connectivity index (χ4n) is 2.73. The summed E-state index contributed by atoms with van der Waals surface area (Å²) in [5, 5.41) is 12.0. The second-order valence-electron chi connectivity index (χ2n) is 6.05. The SMILES string of the molecule is Cc1nc2c(C(=O)NC(C#N)c3ccco3)cccn2c1CN(C)C. The van der Waals surface area contributed by atoms with Crippen LogP contribution in [0.3, 0.4) is 0 Å². The lowest BCUT2D eigenvalue weighted by molar-refractivity contribution is 0.0942. The summed E-state index contributed by atoms with van der Waals surface area (Å²) in [6.07, 6.45) is 3.36. The van der Waals surface area contributed by atoms with Crippen molar-refractivity contribution in [2.45, 2.75) is 19.5 Å². The number of pyridine rings is 1. The van der Waals surface area contributed by atoms with E-state index in [0.717, 1.165) is 11.4 Å². The number of fused-ring (bicyclic) bond motifs is 1. The monoisotopic (exact) mass is 337 g/mol. The second-order valence-corrected chi connectivity index (χ2v) is 6.05. The molecule has 25 heavy (non-hydrogen) atoms. The third-order valence-electron chi connectivity index (χ3n) is 3.89. The molecule has 0 radical (unpaired) electrons. The van der Waals surface area contributed by atoms with E-state index >= 15 is 0 Å². The number of furan rings is 1. The molecule has 7 heteroatoms. The standard InChI is InChI=1S/C18H19N5O2/c1-12-15(11-22(2)3)23-8-4-6-13(17(23)20-12)18(24)21-14(10-19)16-7-5-9-25-16/h4-9,14H,11H2,1-3H3,(H,21,24). The Hall–Kier alpha value is -3.11. The molecule has 0 fully saturated rings. The normalized spacial score (nSPS) is 12.3. The summed E-state index contributed by atoms with van der Waals surface area (Å²) in [5.74, 6) is 0.0329. The Morgan fingerprint density at radius 2 is 2.24 bits per heavy atom. The minimum atomic E-state index is -0.847. The van der Waals surface area contributed by atoms with Gasteiger partial charge in [-0.05, 0) is 45.3 Å². The Balaban J connectivity index is 1.96. The lowest BCUT2D eigenvalue weighted by atomic mass is 10.2. The maximum absolute atomic E-state index is 12.7. The van der Waals surface area contributed by atoms with E-state index in [1.807, 2.05) is 42.6 Å². The third-order valence-corrected chi connectivity index (χ3v) is 3.89. The summed E-state index contributed by atoms with van der Waals surface area (Å²) < 4.78 is 7.13. The summed E-state index contributed by atoms with van der Waals surface area (Å²) in [6, 6.07) is 8.03. The number of carbonyl (C=O) groups is 1. The summed E-state index contributed by atoms with van der Waals surface area (Å²) in [7, 11) is 3.96. The van der Waals surface area contributed by atoms with Crippen molar-refractivity contribution in [3.8, 4) is 6.07 Å². The number of rotatable bonds is 5. The summed E-state index contributed by atoms with van der Waals surface area (Å²) >= 11 is 0. The first-order valence-corrected chi connectivity index (χ1v) is 7.86. The van der Waals surface area contributed by atoms with Gasteiger partial charge in [-0.1, -0.05) is 0 Å². The highest BCUT2D eigenvalue weighted by Crippen LogP contribution is 2.19. The van der Waals surface area contributed by atoms with Crippen LogP contribution >= 0.6 is 0 Å². The van der Waals surface area contributed by atoms with E-state index in [-0.39, 0.29) is 5.91 Å². The number of nitrogens with one attached hydrogen (secondary N) is 1. The molecule has 128 valence electrons. The number of nitriles is 1. The number of aromatic nitrogens is 2. The van der Waals surface area contributed by atoms with Crippen LogP contribution < -0.4 is 5.32 Å². The average Bonchev–Trinajstić information content (AvgIpc) is 3.21. The Bertz CT molecular complexity index is 934. The summed E-state index contributed by atoms with van der Waals surface area (Å²) in [5.41, 5.74) is 2.89. The van der Waals surface area contributed by atoms with Crippen molar-refractivity contribution in [3.63, 3.8) is 0 Å². The quantitative estimate of drug-likeness (QED) is 0.772. The number of hydrogen-bond acceptors (Lipinski definition) is 5. The molecule has 3 aromatic rings. The van der Waals surface area contributed by atoms with Gasteiger partial charge in [0.15, 0.2) is 6.04 Å². The first kappa shape index (κ1) is 16.7. The van der Waals surface area contributed by atoms with Gasteiger partial charge in [0.2, 0.25) is 0 Å². The van der Waals surface area contributed by atoms with Crippen LogP contribution in [0.4, 0.5) is 0 Å². The lowest BCUT2D eigenvalue weighted by Gasteiger charge is -2.12. The maximum Gasteiger partial charge on any atom is 0.256 e. The van der Waals surface area contributed by atoms with Crippen molar-refractivity contribution in [3.05, 3.63) is 59.4 Å². The summed E-state index contributed by atoms with van der Waals surface area (Å²) in [6.45, 7) is 2.64. The maximum atomic E-state index is 12.7. The minimum absolute atomic E-state index is 0.366. The Labute approximate surface area is 145 Å². The molecule has 3 rings (SSSR count). The molecule has 0 spiro atoms. The Kier molecular flexibility index (Phi) is 4.55. The second kappa shape index (κ2) is 6.79. The molecule has 1 N–H and O–H groups in total. The van der Waals surface area contributed by atoms with Gasteiger partial charge in [-0.2, -0.15) is 5.26 Å². The predicted octanol–water partition coefficient (Wildman–Crippen LogP) is 2.29. The van der Waals surface area contributed by atoms with Gasteiger partial charge in [-0.25, -0.2) is 4.98 Å². The van der Waals surface area contributed by atoms with Gasteiger partial charge in [0.1, 0.15) is 11.4 Å². The van der Waals surface area contributed by atoms with Crippen LogP contribution in [0.2, 0.25) is 0 Å². The molecule has 0 aromatic carbocycles. The van der Waals surface area contributed by atoms with Crippen LogP contribution in [-0.4, -0.2) is 34.3 Å². The van der Waals surface area contributed by atoms with Crippen molar-refractivity contribution in [1.29, 1.82) is 5.26 Å². The van der Waals surface area contributed by atoms with Crippen molar-refractivity contribution in [2.24, 2.45) is 0 Å². The van der Waals surface area contributed by atoms with Crippen LogP contribution in [0.5, 0.6) is 0 Å². The smallest absolute Gasteiger partial charge is 0.256 e. The molecule has 3 aromatic heterocycles. The fraction of sp³-hybridized carbons (Fsp3) is 0.278. The topological polar surface area (TPSA) is 86.6 Å². The highest BCUT2D eigenvalue weighted by Gasteiger charge is 2.21. The molecule has 0 saturated heterocycles. The zero-order valence-electron chi connectivity index (χ0n) is 14.4. The molecule has 7 nitrogen and oxygen atoms in total. The zero-order chi connectivity index (χ0) is 18.0.